The zero-order chi connectivity index (χ0) is 9.97. The Kier molecular flexibility index (Phi) is 3.26. The molecule has 0 aliphatic carbocycles. The maximum Gasteiger partial charge on any atom is 0.186 e. The molecule has 5 heteroatoms. The lowest BCUT2D eigenvalue weighted by molar-refractivity contribution is 0.445. The summed E-state index contributed by atoms with van der Waals surface area (Å²) in [7, 11) is 2.09. The van der Waals surface area contributed by atoms with Crippen molar-refractivity contribution in [3.05, 3.63) is 10.5 Å². The van der Waals surface area contributed by atoms with Crippen LogP contribution in [0.5, 0.6) is 0 Å². The van der Waals surface area contributed by atoms with E-state index in [1.54, 1.807) is 11.3 Å². The number of rotatable bonds is 2. The predicted molar refractivity (Wildman–Crippen MR) is 61.4 cm³/mol. The quantitative estimate of drug-likeness (QED) is 0.844. The Bertz CT molecular complexity index is 296. The molecule has 78 valence electrons. The number of nitrogens with zero attached hydrogens (tertiary/aromatic N) is 2. The van der Waals surface area contributed by atoms with Crippen LogP contribution in [0, 0.1) is 0 Å². The molecule has 1 atom stereocenters. The SMILES string of the molecule is CN(c1nc(Cl)cs1)C1CCCNC1. The van der Waals surface area contributed by atoms with Gasteiger partial charge in [-0.1, -0.05) is 11.6 Å². The minimum atomic E-state index is 0.561. The molecule has 1 aromatic heterocycles. The van der Waals surface area contributed by atoms with Crippen molar-refractivity contribution < 1.29 is 0 Å². The van der Waals surface area contributed by atoms with Gasteiger partial charge in [-0.05, 0) is 19.4 Å². The number of piperidine rings is 1. The van der Waals surface area contributed by atoms with Gasteiger partial charge in [0.25, 0.3) is 0 Å². The summed E-state index contributed by atoms with van der Waals surface area (Å²) in [6.07, 6.45) is 2.48. The highest BCUT2D eigenvalue weighted by molar-refractivity contribution is 7.14. The Balaban J connectivity index is 2.03. The summed E-state index contributed by atoms with van der Waals surface area (Å²) in [5.74, 6) is 0. The lowest BCUT2D eigenvalue weighted by atomic mass is 10.1. The number of aromatic nitrogens is 1. The van der Waals surface area contributed by atoms with Gasteiger partial charge in [-0.3, -0.25) is 0 Å². The topological polar surface area (TPSA) is 28.2 Å². The summed E-state index contributed by atoms with van der Waals surface area (Å²) in [5, 5.41) is 6.89. The van der Waals surface area contributed by atoms with E-state index in [1.165, 1.54) is 12.8 Å². The molecule has 0 amide bonds. The fourth-order valence-electron chi connectivity index (χ4n) is 1.73. The molecule has 0 aromatic carbocycles. The number of likely N-dealkylation sites (N-methyl/N-ethyl adjacent to an activating group) is 1. The Morgan fingerprint density at radius 2 is 2.57 bits per heavy atom. The van der Waals surface area contributed by atoms with Gasteiger partial charge in [-0.15, -0.1) is 11.3 Å². The molecule has 0 bridgehead atoms. The first kappa shape index (κ1) is 10.2. The maximum absolute atomic E-state index is 5.80. The van der Waals surface area contributed by atoms with E-state index in [0.717, 1.165) is 18.2 Å². The van der Waals surface area contributed by atoms with Crippen LogP contribution in [0.15, 0.2) is 5.38 Å². The predicted octanol–water partition coefficient (Wildman–Crippen LogP) is 1.98. The molecule has 1 aliphatic heterocycles. The van der Waals surface area contributed by atoms with Crippen LogP contribution < -0.4 is 10.2 Å². The number of nitrogens with one attached hydrogen (secondary N) is 1. The van der Waals surface area contributed by atoms with Crippen LogP contribution in [-0.4, -0.2) is 31.2 Å². The zero-order valence-electron chi connectivity index (χ0n) is 8.16. The third-order valence-electron chi connectivity index (χ3n) is 2.58. The second-order valence-corrected chi connectivity index (χ2v) is 4.79. The molecule has 3 nitrogen and oxygen atoms in total. The molecular weight excluding hydrogens is 218 g/mol. The van der Waals surface area contributed by atoms with Gasteiger partial charge in [0, 0.05) is 25.0 Å². The summed E-state index contributed by atoms with van der Waals surface area (Å²) < 4.78 is 0. The average Bonchev–Trinajstić information content (AvgIpc) is 2.65. The normalized spacial score (nSPS) is 22.3. The molecule has 1 aliphatic rings. The molecule has 0 saturated carbocycles. The van der Waals surface area contributed by atoms with Crippen LogP contribution in [0.4, 0.5) is 5.13 Å². The van der Waals surface area contributed by atoms with Crippen LogP contribution >= 0.6 is 22.9 Å². The Morgan fingerprint density at radius 1 is 1.71 bits per heavy atom. The highest BCUT2D eigenvalue weighted by atomic mass is 35.5. The summed E-state index contributed by atoms with van der Waals surface area (Å²) in [6, 6.07) is 0.561. The smallest absolute Gasteiger partial charge is 0.186 e. The molecule has 1 N–H and O–H groups in total. The van der Waals surface area contributed by atoms with Gasteiger partial charge in [0.05, 0.1) is 0 Å². The van der Waals surface area contributed by atoms with Crippen molar-refractivity contribution in [3.63, 3.8) is 0 Å². The van der Waals surface area contributed by atoms with E-state index >= 15 is 0 Å². The van der Waals surface area contributed by atoms with E-state index in [9.17, 15) is 0 Å². The van der Waals surface area contributed by atoms with Crippen LogP contribution in [0.3, 0.4) is 0 Å². The third-order valence-corrected chi connectivity index (χ3v) is 3.84. The lowest BCUT2D eigenvalue weighted by Gasteiger charge is -2.31. The van der Waals surface area contributed by atoms with E-state index in [1.807, 2.05) is 5.38 Å². The Hall–Kier alpha value is -0.320. The summed E-state index contributed by atoms with van der Waals surface area (Å²) in [6.45, 7) is 2.19. The Morgan fingerprint density at radius 3 is 3.14 bits per heavy atom. The molecule has 1 saturated heterocycles. The van der Waals surface area contributed by atoms with Crippen molar-refractivity contribution in [3.8, 4) is 0 Å². The molecule has 1 unspecified atom stereocenters. The largest absolute Gasteiger partial charge is 0.347 e. The number of hydrogen-bond donors (Lipinski definition) is 1. The van der Waals surface area contributed by atoms with Gasteiger partial charge in [0.15, 0.2) is 5.13 Å². The van der Waals surface area contributed by atoms with E-state index in [2.05, 4.69) is 22.2 Å². The lowest BCUT2D eigenvalue weighted by Crippen LogP contribution is -2.44. The average molecular weight is 232 g/mol. The summed E-state index contributed by atoms with van der Waals surface area (Å²) >= 11 is 7.41. The molecule has 0 spiro atoms. The molecule has 2 rings (SSSR count). The van der Waals surface area contributed by atoms with Crippen molar-refractivity contribution in [2.45, 2.75) is 18.9 Å². The fourth-order valence-corrected chi connectivity index (χ4v) is 2.71. The van der Waals surface area contributed by atoms with Crippen LogP contribution in [0.2, 0.25) is 5.15 Å². The minimum Gasteiger partial charge on any atom is -0.347 e. The number of halogens is 1. The molecule has 1 aromatic rings. The standard InChI is InChI=1S/C9H14ClN3S/c1-13(7-3-2-4-11-5-7)9-12-8(10)6-14-9/h6-7,11H,2-5H2,1H3. The van der Waals surface area contributed by atoms with Gasteiger partial charge in [-0.25, -0.2) is 4.98 Å². The van der Waals surface area contributed by atoms with Gasteiger partial charge < -0.3 is 10.2 Å². The number of anilines is 1. The minimum absolute atomic E-state index is 0.561. The highest BCUT2D eigenvalue weighted by Crippen LogP contribution is 2.25. The summed E-state index contributed by atoms with van der Waals surface area (Å²) in [5.41, 5.74) is 0. The monoisotopic (exact) mass is 231 g/mol. The Labute approximate surface area is 93.1 Å². The van der Waals surface area contributed by atoms with Gasteiger partial charge >= 0.3 is 0 Å². The summed E-state index contributed by atoms with van der Waals surface area (Å²) in [4.78, 5) is 6.49. The van der Waals surface area contributed by atoms with Crippen molar-refractivity contribution in [2.24, 2.45) is 0 Å². The van der Waals surface area contributed by atoms with E-state index in [-0.39, 0.29) is 0 Å². The van der Waals surface area contributed by atoms with Crippen LogP contribution in [0.1, 0.15) is 12.8 Å². The van der Waals surface area contributed by atoms with Crippen molar-refractivity contribution >= 4 is 28.1 Å². The first-order valence-corrected chi connectivity index (χ1v) is 6.07. The number of thiazole rings is 1. The van der Waals surface area contributed by atoms with Gasteiger partial charge in [0.1, 0.15) is 5.15 Å². The maximum atomic E-state index is 5.80. The molecule has 2 heterocycles. The fraction of sp³-hybridized carbons (Fsp3) is 0.667. The van der Waals surface area contributed by atoms with E-state index in [4.69, 9.17) is 11.6 Å². The molecule has 1 fully saturated rings. The zero-order valence-corrected chi connectivity index (χ0v) is 9.74. The number of hydrogen-bond acceptors (Lipinski definition) is 4. The molecule has 0 radical (unpaired) electrons. The second kappa shape index (κ2) is 4.47. The second-order valence-electron chi connectivity index (χ2n) is 3.56. The first-order valence-electron chi connectivity index (χ1n) is 4.82. The van der Waals surface area contributed by atoms with E-state index in [0.29, 0.717) is 11.2 Å². The van der Waals surface area contributed by atoms with Crippen molar-refractivity contribution in [2.75, 3.05) is 25.0 Å². The molecular formula is C9H14ClN3S. The van der Waals surface area contributed by atoms with Crippen molar-refractivity contribution in [1.29, 1.82) is 0 Å². The molecule has 14 heavy (non-hydrogen) atoms. The van der Waals surface area contributed by atoms with Crippen LogP contribution in [0.25, 0.3) is 0 Å². The van der Waals surface area contributed by atoms with Gasteiger partial charge in [-0.2, -0.15) is 0 Å². The van der Waals surface area contributed by atoms with E-state index < -0.39 is 0 Å². The van der Waals surface area contributed by atoms with Crippen LogP contribution in [-0.2, 0) is 0 Å². The highest BCUT2D eigenvalue weighted by Gasteiger charge is 2.19. The van der Waals surface area contributed by atoms with Crippen molar-refractivity contribution in [1.82, 2.24) is 10.3 Å². The third kappa shape index (κ3) is 2.19. The van der Waals surface area contributed by atoms with Gasteiger partial charge in [0.2, 0.25) is 0 Å². The first-order chi connectivity index (χ1) is 6.77.